The zero-order chi connectivity index (χ0) is 13.7. The highest BCUT2D eigenvalue weighted by molar-refractivity contribution is 7.14. The van der Waals surface area contributed by atoms with E-state index in [0.717, 1.165) is 0 Å². The summed E-state index contributed by atoms with van der Waals surface area (Å²) < 4.78 is 0. The van der Waals surface area contributed by atoms with Crippen molar-refractivity contribution in [3.8, 4) is 0 Å². The number of carboxylic acid groups (broad SMARTS) is 1. The summed E-state index contributed by atoms with van der Waals surface area (Å²) in [5.74, 6) is -1.15. The molecule has 7 heteroatoms. The molecule has 0 aromatic carbocycles. The number of hydrogen-bond donors (Lipinski definition) is 2. The van der Waals surface area contributed by atoms with Crippen molar-refractivity contribution >= 4 is 28.2 Å². The van der Waals surface area contributed by atoms with Crippen LogP contribution in [0.3, 0.4) is 0 Å². The molecule has 6 nitrogen and oxygen atoms in total. The number of rotatable bonds is 6. The fourth-order valence-corrected chi connectivity index (χ4v) is 2.33. The average molecular weight is 271 g/mol. The highest BCUT2D eigenvalue weighted by atomic mass is 32.1. The summed E-state index contributed by atoms with van der Waals surface area (Å²) in [6, 6.07) is -0.469. The number of carbonyl (C=O) groups excluding carboxylic acids is 1. The normalized spacial score (nSPS) is 11.9. The van der Waals surface area contributed by atoms with E-state index < -0.39 is 12.0 Å². The molecule has 0 fully saturated rings. The lowest BCUT2D eigenvalue weighted by Gasteiger charge is -2.23. The SMILES string of the molecule is CCN(CC)C(=O)C(C)Nc1scnc1C(=O)O. The van der Waals surface area contributed by atoms with Crippen LogP contribution in [0, 0.1) is 0 Å². The maximum absolute atomic E-state index is 12.0. The van der Waals surface area contributed by atoms with Crippen LogP contribution in [0.4, 0.5) is 5.00 Å². The molecule has 100 valence electrons. The number of hydrogen-bond acceptors (Lipinski definition) is 5. The number of nitrogens with zero attached hydrogens (tertiary/aromatic N) is 2. The van der Waals surface area contributed by atoms with Crippen LogP contribution in [0.25, 0.3) is 0 Å². The summed E-state index contributed by atoms with van der Waals surface area (Å²) in [6.07, 6.45) is 0. The van der Waals surface area contributed by atoms with Crippen LogP contribution in [-0.2, 0) is 4.79 Å². The van der Waals surface area contributed by atoms with Gasteiger partial charge in [0.15, 0.2) is 5.69 Å². The van der Waals surface area contributed by atoms with E-state index in [0.29, 0.717) is 18.1 Å². The van der Waals surface area contributed by atoms with Gasteiger partial charge in [0.05, 0.1) is 5.51 Å². The summed E-state index contributed by atoms with van der Waals surface area (Å²) in [4.78, 5) is 28.3. The van der Waals surface area contributed by atoms with E-state index in [2.05, 4.69) is 10.3 Å². The molecule has 1 amide bonds. The third-order valence-electron chi connectivity index (χ3n) is 2.56. The molecular formula is C11H17N3O3S. The fourth-order valence-electron chi connectivity index (χ4n) is 1.57. The fraction of sp³-hybridized carbons (Fsp3) is 0.545. The first kappa shape index (κ1) is 14.4. The minimum absolute atomic E-state index is 0.0424. The first-order valence-corrected chi connectivity index (χ1v) is 6.61. The number of thiazole rings is 1. The molecular weight excluding hydrogens is 254 g/mol. The molecule has 1 unspecified atom stereocenters. The topological polar surface area (TPSA) is 82.5 Å². The van der Waals surface area contributed by atoms with Crippen LogP contribution >= 0.6 is 11.3 Å². The largest absolute Gasteiger partial charge is 0.476 e. The lowest BCUT2D eigenvalue weighted by Crippen LogP contribution is -2.41. The minimum atomic E-state index is -1.10. The molecule has 1 rings (SSSR count). The summed E-state index contributed by atoms with van der Waals surface area (Å²) in [7, 11) is 0. The molecule has 1 heterocycles. The van der Waals surface area contributed by atoms with Gasteiger partial charge in [0.1, 0.15) is 11.0 Å². The highest BCUT2D eigenvalue weighted by Gasteiger charge is 2.21. The number of carbonyl (C=O) groups is 2. The number of amides is 1. The van der Waals surface area contributed by atoms with Crippen molar-refractivity contribution < 1.29 is 14.7 Å². The molecule has 0 saturated carbocycles. The van der Waals surface area contributed by atoms with Gasteiger partial charge in [-0.25, -0.2) is 9.78 Å². The average Bonchev–Trinajstić information content (AvgIpc) is 2.78. The van der Waals surface area contributed by atoms with Gasteiger partial charge in [-0.05, 0) is 20.8 Å². The summed E-state index contributed by atoms with van der Waals surface area (Å²) >= 11 is 1.18. The van der Waals surface area contributed by atoms with Crippen LogP contribution in [-0.4, -0.2) is 46.0 Å². The molecule has 0 radical (unpaired) electrons. The number of likely N-dealkylation sites (N-methyl/N-ethyl adjacent to an activating group) is 1. The van der Waals surface area contributed by atoms with Gasteiger partial charge in [-0.15, -0.1) is 11.3 Å². The maximum atomic E-state index is 12.0. The van der Waals surface area contributed by atoms with E-state index >= 15 is 0 Å². The van der Waals surface area contributed by atoms with Gasteiger partial charge in [0.2, 0.25) is 5.91 Å². The Hall–Kier alpha value is -1.63. The smallest absolute Gasteiger partial charge is 0.357 e. The number of aromatic carboxylic acids is 1. The lowest BCUT2D eigenvalue weighted by molar-refractivity contribution is -0.131. The van der Waals surface area contributed by atoms with E-state index in [-0.39, 0.29) is 11.6 Å². The Balaban J connectivity index is 2.75. The molecule has 0 spiro atoms. The first-order valence-electron chi connectivity index (χ1n) is 5.73. The predicted octanol–water partition coefficient (Wildman–Crippen LogP) is 1.51. The van der Waals surface area contributed by atoms with Gasteiger partial charge >= 0.3 is 5.97 Å². The zero-order valence-electron chi connectivity index (χ0n) is 10.6. The van der Waals surface area contributed by atoms with E-state index in [1.807, 2.05) is 13.8 Å². The van der Waals surface area contributed by atoms with Gasteiger partial charge in [0.25, 0.3) is 0 Å². The molecule has 0 aliphatic heterocycles. The third-order valence-corrected chi connectivity index (χ3v) is 3.32. The second-order valence-corrected chi connectivity index (χ2v) is 4.57. The van der Waals surface area contributed by atoms with Gasteiger partial charge in [0, 0.05) is 13.1 Å². The highest BCUT2D eigenvalue weighted by Crippen LogP contribution is 2.21. The summed E-state index contributed by atoms with van der Waals surface area (Å²) in [5.41, 5.74) is 1.40. The van der Waals surface area contributed by atoms with Crippen LogP contribution < -0.4 is 5.32 Å². The molecule has 0 bridgehead atoms. The molecule has 0 aliphatic carbocycles. The van der Waals surface area contributed by atoms with Gasteiger partial charge in [-0.2, -0.15) is 0 Å². The molecule has 0 saturated heterocycles. The molecule has 1 aromatic rings. The Morgan fingerprint density at radius 2 is 2.11 bits per heavy atom. The predicted molar refractivity (Wildman–Crippen MR) is 70.1 cm³/mol. The van der Waals surface area contributed by atoms with Crippen LogP contribution in [0.5, 0.6) is 0 Å². The number of anilines is 1. The Kier molecular flexibility index (Phi) is 5.08. The van der Waals surface area contributed by atoms with Crippen LogP contribution in [0.15, 0.2) is 5.51 Å². The van der Waals surface area contributed by atoms with E-state index in [4.69, 9.17) is 5.11 Å². The van der Waals surface area contributed by atoms with Crippen molar-refractivity contribution in [1.29, 1.82) is 0 Å². The van der Waals surface area contributed by atoms with E-state index in [1.54, 1.807) is 11.8 Å². The van der Waals surface area contributed by atoms with Crippen molar-refractivity contribution in [2.45, 2.75) is 26.8 Å². The first-order chi connectivity index (χ1) is 8.51. The zero-order valence-corrected chi connectivity index (χ0v) is 11.5. The van der Waals surface area contributed by atoms with Crippen LogP contribution in [0.2, 0.25) is 0 Å². The minimum Gasteiger partial charge on any atom is -0.476 e. The van der Waals surface area contributed by atoms with Crippen molar-refractivity contribution in [3.63, 3.8) is 0 Å². The van der Waals surface area contributed by atoms with Gasteiger partial charge < -0.3 is 15.3 Å². The summed E-state index contributed by atoms with van der Waals surface area (Å²) in [6.45, 7) is 6.80. The Morgan fingerprint density at radius 3 is 2.61 bits per heavy atom. The quantitative estimate of drug-likeness (QED) is 0.819. The van der Waals surface area contributed by atoms with E-state index in [1.165, 1.54) is 16.8 Å². The van der Waals surface area contributed by atoms with Crippen molar-refractivity contribution in [2.75, 3.05) is 18.4 Å². The van der Waals surface area contributed by atoms with Crippen molar-refractivity contribution in [3.05, 3.63) is 11.2 Å². The van der Waals surface area contributed by atoms with Crippen LogP contribution in [0.1, 0.15) is 31.3 Å². The second kappa shape index (κ2) is 6.34. The van der Waals surface area contributed by atoms with E-state index in [9.17, 15) is 9.59 Å². The molecule has 0 aliphatic rings. The van der Waals surface area contributed by atoms with Crippen molar-refractivity contribution in [1.82, 2.24) is 9.88 Å². The molecule has 1 aromatic heterocycles. The Bertz CT molecular complexity index is 429. The molecule has 18 heavy (non-hydrogen) atoms. The van der Waals surface area contributed by atoms with Gasteiger partial charge in [-0.1, -0.05) is 0 Å². The Morgan fingerprint density at radius 1 is 1.50 bits per heavy atom. The number of carboxylic acids is 1. The lowest BCUT2D eigenvalue weighted by atomic mass is 10.2. The van der Waals surface area contributed by atoms with Crippen molar-refractivity contribution in [2.24, 2.45) is 0 Å². The summed E-state index contributed by atoms with van der Waals surface area (Å²) in [5, 5.41) is 12.2. The molecule has 2 N–H and O–H groups in total. The third kappa shape index (κ3) is 3.19. The Labute approximate surface area is 110 Å². The van der Waals surface area contributed by atoms with Gasteiger partial charge in [-0.3, -0.25) is 4.79 Å². The standard InChI is InChI=1S/C11H17N3O3S/c1-4-14(5-2)10(15)7(3)13-9-8(11(16)17)12-6-18-9/h6-7,13H,4-5H2,1-3H3,(H,16,17). The number of nitrogens with one attached hydrogen (secondary N) is 1. The molecule has 1 atom stereocenters. The monoisotopic (exact) mass is 271 g/mol. The maximum Gasteiger partial charge on any atom is 0.357 e. The second-order valence-electron chi connectivity index (χ2n) is 3.71. The number of aromatic nitrogens is 1.